The first-order chi connectivity index (χ1) is 14.7. The Morgan fingerprint density at radius 1 is 1.00 bits per heavy atom. The molecule has 2 aromatic rings. The number of benzene rings is 2. The van der Waals surface area contributed by atoms with Gasteiger partial charge in [-0.15, -0.1) is 0 Å². The SMILES string of the molecule is CC(C)(C)[C@H]1CC[C@](NC(=O)OCC2c3ccccc3-c3ccccc32)(C(=O)O)CC1. The number of amides is 1. The number of fused-ring (bicyclic) bond motifs is 3. The number of rotatable bonds is 4. The summed E-state index contributed by atoms with van der Waals surface area (Å²) in [5.74, 6) is -0.576. The maximum absolute atomic E-state index is 12.7. The summed E-state index contributed by atoms with van der Waals surface area (Å²) in [5, 5.41) is 12.6. The molecule has 0 aromatic heterocycles. The first-order valence-electron chi connectivity index (χ1n) is 11.1. The van der Waals surface area contributed by atoms with Gasteiger partial charge in [0.15, 0.2) is 0 Å². The van der Waals surface area contributed by atoms with E-state index in [-0.39, 0.29) is 17.9 Å². The molecule has 0 bridgehead atoms. The zero-order valence-corrected chi connectivity index (χ0v) is 18.5. The van der Waals surface area contributed by atoms with Gasteiger partial charge in [0.2, 0.25) is 0 Å². The van der Waals surface area contributed by atoms with Crippen molar-refractivity contribution in [3.8, 4) is 11.1 Å². The fourth-order valence-corrected chi connectivity index (χ4v) is 5.20. The van der Waals surface area contributed by atoms with Crippen molar-refractivity contribution in [2.75, 3.05) is 6.61 Å². The average molecular weight is 422 g/mol. The lowest BCUT2D eigenvalue weighted by molar-refractivity contribution is -0.147. The van der Waals surface area contributed by atoms with E-state index in [2.05, 4.69) is 50.4 Å². The molecule has 0 saturated heterocycles. The maximum Gasteiger partial charge on any atom is 0.408 e. The van der Waals surface area contributed by atoms with Crippen molar-refractivity contribution in [3.63, 3.8) is 0 Å². The Hall–Kier alpha value is -2.82. The second kappa shape index (κ2) is 8.03. The largest absolute Gasteiger partial charge is 0.480 e. The normalized spacial score (nSPS) is 23.0. The number of hydrogen-bond donors (Lipinski definition) is 2. The number of nitrogens with one attached hydrogen (secondary N) is 1. The average Bonchev–Trinajstić information content (AvgIpc) is 3.06. The van der Waals surface area contributed by atoms with Gasteiger partial charge in [0.25, 0.3) is 0 Å². The van der Waals surface area contributed by atoms with E-state index in [0.29, 0.717) is 18.8 Å². The number of alkyl carbamates (subject to hydrolysis) is 1. The third-order valence-electron chi connectivity index (χ3n) is 7.16. The predicted octanol–water partition coefficient (Wildman–Crippen LogP) is 5.58. The first kappa shape index (κ1) is 21.4. The molecule has 0 aliphatic heterocycles. The molecule has 31 heavy (non-hydrogen) atoms. The summed E-state index contributed by atoms with van der Waals surface area (Å²) in [6.07, 6.45) is 1.75. The standard InChI is InChI=1S/C26H31NO4/c1-25(2,3)17-12-14-26(15-13-17,23(28)29)27-24(30)31-16-22-20-10-6-4-8-18(20)19-9-5-7-11-21(19)22/h4-11,17,22H,12-16H2,1-3H3,(H,27,30)(H,28,29)/t17-,26+. The molecule has 1 fully saturated rings. The molecule has 0 heterocycles. The number of aliphatic carboxylic acids is 1. The van der Waals surface area contributed by atoms with E-state index in [1.54, 1.807) is 0 Å². The van der Waals surface area contributed by atoms with Gasteiger partial charge in [-0.3, -0.25) is 0 Å². The maximum atomic E-state index is 12.7. The fourth-order valence-electron chi connectivity index (χ4n) is 5.20. The Kier molecular flexibility index (Phi) is 5.54. The first-order valence-corrected chi connectivity index (χ1v) is 11.1. The third-order valence-corrected chi connectivity index (χ3v) is 7.16. The van der Waals surface area contributed by atoms with Crippen molar-refractivity contribution in [2.24, 2.45) is 11.3 Å². The van der Waals surface area contributed by atoms with E-state index < -0.39 is 17.6 Å². The Morgan fingerprint density at radius 3 is 2.00 bits per heavy atom. The molecule has 0 radical (unpaired) electrons. The summed E-state index contributed by atoms with van der Waals surface area (Å²) in [5.41, 5.74) is 3.48. The molecule has 164 valence electrons. The Morgan fingerprint density at radius 2 is 1.52 bits per heavy atom. The van der Waals surface area contributed by atoms with Crippen LogP contribution in [0.2, 0.25) is 0 Å². The zero-order chi connectivity index (χ0) is 22.2. The molecule has 5 heteroatoms. The van der Waals surface area contributed by atoms with E-state index in [9.17, 15) is 14.7 Å². The molecule has 1 saturated carbocycles. The van der Waals surface area contributed by atoms with Gasteiger partial charge >= 0.3 is 12.1 Å². The van der Waals surface area contributed by atoms with E-state index in [4.69, 9.17) is 4.74 Å². The van der Waals surface area contributed by atoms with E-state index in [1.165, 1.54) is 0 Å². The fraction of sp³-hybridized carbons (Fsp3) is 0.462. The minimum absolute atomic E-state index is 0.0458. The quantitative estimate of drug-likeness (QED) is 0.675. The molecule has 1 amide bonds. The molecular formula is C26H31NO4. The molecule has 2 aliphatic rings. The van der Waals surface area contributed by atoms with Gasteiger partial charge in [0, 0.05) is 5.92 Å². The minimum atomic E-state index is -1.25. The van der Waals surface area contributed by atoms with Crippen LogP contribution >= 0.6 is 0 Å². The topological polar surface area (TPSA) is 75.6 Å². The van der Waals surface area contributed by atoms with E-state index in [0.717, 1.165) is 35.1 Å². The van der Waals surface area contributed by atoms with Gasteiger partial charge in [-0.05, 0) is 59.3 Å². The van der Waals surface area contributed by atoms with Crippen LogP contribution in [0.3, 0.4) is 0 Å². The van der Waals surface area contributed by atoms with Crippen molar-refractivity contribution in [1.82, 2.24) is 5.32 Å². The number of carbonyl (C=O) groups excluding carboxylic acids is 1. The second-order valence-electron chi connectivity index (χ2n) is 9.98. The van der Waals surface area contributed by atoms with Crippen molar-refractivity contribution in [1.29, 1.82) is 0 Å². The van der Waals surface area contributed by atoms with Crippen molar-refractivity contribution < 1.29 is 19.4 Å². The summed E-state index contributed by atoms with van der Waals surface area (Å²) in [6.45, 7) is 6.74. The second-order valence-corrected chi connectivity index (χ2v) is 9.98. The lowest BCUT2D eigenvalue weighted by Gasteiger charge is -2.41. The van der Waals surface area contributed by atoms with E-state index >= 15 is 0 Å². The van der Waals surface area contributed by atoms with E-state index in [1.807, 2.05) is 24.3 Å². The third kappa shape index (κ3) is 4.06. The molecule has 0 unspecified atom stereocenters. The number of carboxylic acid groups (broad SMARTS) is 1. The van der Waals surface area contributed by atoms with Crippen LogP contribution in [-0.2, 0) is 9.53 Å². The van der Waals surface area contributed by atoms with Crippen LogP contribution in [0.4, 0.5) is 4.79 Å². The highest BCUT2D eigenvalue weighted by Gasteiger charge is 2.45. The van der Waals surface area contributed by atoms with Gasteiger partial charge in [0.05, 0.1) is 0 Å². The Balaban J connectivity index is 1.44. The van der Waals surface area contributed by atoms with Crippen LogP contribution in [0.25, 0.3) is 11.1 Å². The molecule has 4 rings (SSSR count). The van der Waals surface area contributed by atoms with Crippen molar-refractivity contribution >= 4 is 12.1 Å². The molecule has 0 spiro atoms. The summed E-state index contributed by atoms with van der Waals surface area (Å²) in [6, 6.07) is 16.3. The highest BCUT2D eigenvalue weighted by Crippen LogP contribution is 2.45. The summed E-state index contributed by atoms with van der Waals surface area (Å²) < 4.78 is 5.60. The van der Waals surface area contributed by atoms with Crippen LogP contribution in [0.15, 0.2) is 48.5 Å². The molecule has 2 N–H and O–H groups in total. The van der Waals surface area contributed by atoms with Crippen LogP contribution in [-0.4, -0.2) is 29.3 Å². The smallest absolute Gasteiger partial charge is 0.408 e. The number of ether oxygens (including phenoxy) is 1. The summed E-state index contributed by atoms with van der Waals surface area (Å²) in [7, 11) is 0. The Bertz CT molecular complexity index is 937. The van der Waals surface area contributed by atoms with Gasteiger partial charge in [0.1, 0.15) is 12.1 Å². The summed E-state index contributed by atoms with van der Waals surface area (Å²) >= 11 is 0. The highest BCUT2D eigenvalue weighted by atomic mass is 16.5. The van der Waals surface area contributed by atoms with Crippen LogP contribution in [0.5, 0.6) is 0 Å². The highest BCUT2D eigenvalue weighted by molar-refractivity contribution is 5.84. The Labute approximate surface area is 183 Å². The van der Waals surface area contributed by atoms with Crippen LogP contribution in [0, 0.1) is 11.3 Å². The van der Waals surface area contributed by atoms with Crippen LogP contribution in [0.1, 0.15) is 63.5 Å². The van der Waals surface area contributed by atoms with Crippen LogP contribution < -0.4 is 5.32 Å². The monoisotopic (exact) mass is 421 g/mol. The number of carboxylic acids is 1. The molecule has 5 nitrogen and oxygen atoms in total. The lowest BCUT2D eigenvalue weighted by atomic mass is 9.67. The summed E-state index contributed by atoms with van der Waals surface area (Å²) in [4.78, 5) is 24.8. The molecule has 0 atom stereocenters. The minimum Gasteiger partial charge on any atom is -0.480 e. The van der Waals surface area contributed by atoms with Crippen molar-refractivity contribution in [2.45, 2.75) is 57.9 Å². The predicted molar refractivity (Wildman–Crippen MR) is 120 cm³/mol. The number of hydrogen-bond acceptors (Lipinski definition) is 3. The lowest BCUT2D eigenvalue weighted by Crippen LogP contribution is -2.57. The van der Waals surface area contributed by atoms with Gasteiger partial charge in [-0.1, -0.05) is 69.3 Å². The van der Waals surface area contributed by atoms with Crippen molar-refractivity contribution in [3.05, 3.63) is 59.7 Å². The van der Waals surface area contributed by atoms with Gasteiger partial charge < -0.3 is 15.2 Å². The number of carbonyl (C=O) groups is 2. The molecule has 2 aromatic carbocycles. The van der Waals surface area contributed by atoms with Gasteiger partial charge in [-0.25, -0.2) is 9.59 Å². The molecular weight excluding hydrogens is 390 g/mol. The molecule has 2 aliphatic carbocycles. The van der Waals surface area contributed by atoms with Gasteiger partial charge in [-0.2, -0.15) is 0 Å². The zero-order valence-electron chi connectivity index (χ0n) is 18.5.